The van der Waals surface area contributed by atoms with Crippen LogP contribution < -0.4 is 10.1 Å². The molecular weight excluding hydrogens is 276 g/mol. The number of fused-ring (bicyclic) bond motifs is 2. The van der Waals surface area contributed by atoms with Crippen molar-refractivity contribution in [1.29, 1.82) is 0 Å². The van der Waals surface area contributed by atoms with E-state index in [9.17, 15) is 4.79 Å². The van der Waals surface area contributed by atoms with Crippen molar-refractivity contribution in [3.8, 4) is 5.75 Å². The minimum atomic E-state index is 0.284. The summed E-state index contributed by atoms with van der Waals surface area (Å²) in [5.41, 5.74) is 2.38. The first-order chi connectivity index (χ1) is 10.8. The summed E-state index contributed by atoms with van der Waals surface area (Å²) in [4.78, 5) is 14.7. The topological polar surface area (TPSA) is 41.6 Å². The maximum Gasteiger partial charge on any atom is 0.226 e. The van der Waals surface area contributed by atoms with Gasteiger partial charge in [0.25, 0.3) is 0 Å². The molecule has 3 aliphatic heterocycles. The molecule has 0 aliphatic carbocycles. The number of likely N-dealkylation sites (tertiary alicyclic amines) is 1. The molecule has 2 fully saturated rings. The SMILES string of the molecule is O=C(Cc1ccc2c(c1)CCO2)N1CC[C@@H]2CNC[C@@H]2CC1. The average Bonchev–Trinajstić information content (AvgIpc) is 3.12. The van der Waals surface area contributed by atoms with E-state index in [-0.39, 0.29) is 5.91 Å². The lowest BCUT2D eigenvalue weighted by molar-refractivity contribution is -0.130. The molecule has 4 nitrogen and oxygen atoms in total. The number of rotatable bonds is 2. The number of nitrogens with zero attached hydrogens (tertiary/aromatic N) is 1. The molecule has 0 radical (unpaired) electrons. The van der Waals surface area contributed by atoms with Crippen LogP contribution in [0.2, 0.25) is 0 Å². The van der Waals surface area contributed by atoms with Crippen LogP contribution in [-0.2, 0) is 17.6 Å². The molecule has 2 atom stereocenters. The first kappa shape index (κ1) is 14.1. The van der Waals surface area contributed by atoms with E-state index in [1.165, 1.54) is 5.56 Å². The van der Waals surface area contributed by atoms with Crippen molar-refractivity contribution in [3.63, 3.8) is 0 Å². The Morgan fingerprint density at radius 3 is 2.77 bits per heavy atom. The minimum Gasteiger partial charge on any atom is -0.493 e. The highest BCUT2D eigenvalue weighted by molar-refractivity contribution is 5.79. The lowest BCUT2D eigenvalue weighted by atomic mass is 9.92. The van der Waals surface area contributed by atoms with Gasteiger partial charge in [-0.3, -0.25) is 4.79 Å². The number of amides is 1. The molecule has 4 heteroatoms. The second-order valence-electron chi connectivity index (χ2n) is 6.85. The summed E-state index contributed by atoms with van der Waals surface area (Å²) < 4.78 is 5.53. The first-order valence-corrected chi connectivity index (χ1v) is 8.53. The Balaban J connectivity index is 1.39. The normalized spacial score (nSPS) is 27.0. The average molecular weight is 300 g/mol. The minimum absolute atomic E-state index is 0.284. The van der Waals surface area contributed by atoms with Crippen LogP contribution in [0.15, 0.2) is 18.2 Å². The highest BCUT2D eigenvalue weighted by atomic mass is 16.5. The lowest BCUT2D eigenvalue weighted by Gasteiger charge is -2.21. The van der Waals surface area contributed by atoms with Crippen LogP contribution in [0.4, 0.5) is 0 Å². The first-order valence-electron chi connectivity index (χ1n) is 8.53. The predicted octanol–water partition coefficient (Wildman–Crippen LogP) is 1.62. The van der Waals surface area contributed by atoms with E-state index in [2.05, 4.69) is 16.3 Å². The van der Waals surface area contributed by atoms with Crippen molar-refractivity contribution in [3.05, 3.63) is 29.3 Å². The Kier molecular flexibility index (Phi) is 3.78. The van der Waals surface area contributed by atoms with E-state index in [1.807, 2.05) is 12.1 Å². The Bertz CT molecular complexity index is 558. The Morgan fingerprint density at radius 2 is 2.00 bits per heavy atom. The van der Waals surface area contributed by atoms with Crippen LogP contribution >= 0.6 is 0 Å². The van der Waals surface area contributed by atoms with Gasteiger partial charge in [-0.1, -0.05) is 12.1 Å². The van der Waals surface area contributed by atoms with Gasteiger partial charge in [0.2, 0.25) is 5.91 Å². The third-order valence-corrected chi connectivity index (χ3v) is 5.48. The second-order valence-corrected chi connectivity index (χ2v) is 6.85. The van der Waals surface area contributed by atoms with Crippen molar-refractivity contribution >= 4 is 5.91 Å². The second kappa shape index (κ2) is 5.92. The van der Waals surface area contributed by atoms with E-state index in [0.29, 0.717) is 6.42 Å². The van der Waals surface area contributed by atoms with Gasteiger partial charge in [-0.2, -0.15) is 0 Å². The number of ether oxygens (including phenoxy) is 1. The van der Waals surface area contributed by atoms with Crippen LogP contribution in [0.25, 0.3) is 0 Å². The van der Waals surface area contributed by atoms with Crippen molar-refractivity contribution in [2.24, 2.45) is 11.8 Å². The molecular formula is C18H24N2O2. The van der Waals surface area contributed by atoms with Gasteiger partial charge in [-0.05, 0) is 55.0 Å². The summed E-state index contributed by atoms with van der Waals surface area (Å²) >= 11 is 0. The number of nitrogens with one attached hydrogen (secondary N) is 1. The van der Waals surface area contributed by atoms with E-state index in [4.69, 9.17) is 4.74 Å². The summed E-state index contributed by atoms with van der Waals surface area (Å²) in [6.07, 6.45) is 3.81. The van der Waals surface area contributed by atoms with Crippen LogP contribution in [0, 0.1) is 11.8 Å². The van der Waals surface area contributed by atoms with Gasteiger partial charge in [0.1, 0.15) is 5.75 Å². The molecule has 0 bridgehead atoms. The Hall–Kier alpha value is -1.55. The summed E-state index contributed by atoms with van der Waals surface area (Å²) in [7, 11) is 0. The van der Waals surface area contributed by atoms with Gasteiger partial charge < -0.3 is 15.0 Å². The molecule has 3 heterocycles. The molecule has 1 amide bonds. The fourth-order valence-corrected chi connectivity index (χ4v) is 4.10. The molecule has 0 aromatic heterocycles. The highest BCUT2D eigenvalue weighted by Gasteiger charge is 2.31. The Labute approximate surface area is 131 Å². The molecule has 2 saturated heterocycles. The van der Waals surface area contributed by atoms with Crippen molar-refractivity contribution < 1.29 is 9.53 Å². The van der Waals surface area contributed by atoms with Crippen molar-refractivity contribution in [2.75, 3.05) is 32.8 Å². The number of carbonyl (C=O) groups is 1. The smallest absolute Gasteiger partial charge is 0.226 e. The number of carbonyl (C=O) groups excluding carboxylic acids is 1. The van der Waals surface area contributed by atoms with Crippen LogP contribution in [0.3, 0.4) is 0 Å². The van der Waals surface area contributed by atoms with E-state index in [1.54, 1.807) is 0 Å². The van der Waals surface area contributed by atoms with Crippen LogP contribution in [0.1, 0.15) is 24.0 Å². The molecule has 0 saturated carbocycles. The van der Waals surface area contributed by atoms with E-state index >= 15 is 0 Å². The van der Waals surface area contributed by atoms with Gasteiger partial charge in [-0.25, -0.2) is 0 Å². The van der Waals surface area contributed by atoms with Crippen LogP contribution in [0.5, 0.6) is 5.75 Å². The summed E-state index contributed by atoms with van der Waals surface area (Å²) in [6, 6.07) is 6.21. The quantitative estimate of drug-likeness (QED) is 0.902. The van der Waals surface area contributed by atoms with Gasteiger partial charge in [0.05, 0.1) is 13.0 Å². The molecule has 118 valence electrons. The molecule has 0 spiro atoms. The van der Waals surface area contributed by atoms with Crippen molar-refractivity contribution in [2.45, 2.75) is 25.7 Å². The number of hydrogen-bond donors (Lipinski definition) is 1. The molecule has 4 rings (SSSR count). The summed E-state index contributed by atoms with van der Waals surface area (Å²) in [6.45, 7) is 4.90. The highest BCUT2D eigenvalue weighted by Crippen LogP contribution is 2.28. The Morgan fingerprint density at radius 1 is 1.23 bits per heavy atom. The van der Waals surface area contributed by atoms with Gasteiger partial charge in [0.15, 0.2) is 0 Å². The van der Waals surface area contributed by atoms with Gasteiger partial charge >= 0.3 is 0 Å². The summed E-state index contributed by atoms with van der Waals surface area (Å²) in [5.74, 6) is 2.82. The fourth-order valence-electron chi connectivity index (χ4n) is 4.10. The third-order valence-electron chi connectivity index (χ3n) is 5.48. The summed E-state index contributed by atoms with van der Waals surface area (Å²) in [5, 5.41) is 3.48. The van der Waals surface area contributed by atoms with E-state index in [0.717, 1.165) is 75.2 Å². The molecule has 1 aromatic carbocycles. The van der Waals surface area contributed by atoms with Crippen LogP contribution in [-0.4, -0.2) is 43.6 Å². The zero-order valence-corrected chi connectivity index (χ0v) is 13.0. The zero-order valence-electron chi connectivity index (χ0n) is 13.0. The standard InChI is InChI=1S/C18H24N2O2/c21-18(10-13-1-2-17-14(9-13)5-8-22-17)20-6-3-15-11-19-12-16(15)4-7-20/h1-2,9,15-16,19H,3-8,10-12H2/t15-,16+. The zero-order chi connectivity index (χ0) is 14.9. The van der Waals surface area contributed by atoms with Gasteiger partial charge in [-0.15, -0.1) is 0 Å². The van der Waals surface area contributed by atoms with Crippen molar-refractivity contribution in [1.82, 2.24) is 10.2 Å². The largest absolute Gasteiger partial charge is 0.493 e. The number of hydrogen-bond acceptors (Lipinski definition) is 3. The molecule has 3 aliphatic rings. The lowest BCUT2D eigenvalue weighted by Crippen LogP contribution is -2.33. The monoisotopic (exact) mass is 300 g/mol. The molecule has 0 unspecified atom stereocenters. The molecule has 1 N–H and O–H groups in total. The fraction of sp³-hybridized carbons (Fsp3) is 0.611. The maximum atomic E-state index is 12.6. The van der Waals surface area contributed by atoms with E-state index < -0.39 is 0 Å². The predicted molar refractivity (Wildman–Crippen MR) is 85.0 cm³/mol. The molecule has 22 heavy (non-hydrogen) atoms. The molecule has 1 aromatic rings. The third kappa shape index (κ3) is 2.72. The number of benzene rings is 1. The van der Waals surface area contributed by atoms with Gasteiger partial charge in [0, 0.05) is 19.5 Å². The maximum absolute atomic E-state index is 12.6.